The van der Waals surface area contributed by atoms with Gasteiger partial charge in [-0.3, -0.25) is 0 Å². The van der Waals surface area contributed by atoms with Crippen molar-refractivity contribution in [2.24, 2.45) is 0 Å². The maximum absolute atomic E-state index is 11.0. The van der Waals surface area contributed by atoms with Crippen molar-refractivity contribution in [2.45, 2.75) is 6.54 Å². The first-order valence-electron chi connectivity index (χ1n) is 5.18. The fourth-order valence-electron chi connectivity index (χ4n) is 1.61. The SMILES string of the molecule is COc1ccc(Cn2cc(Cl)cc2C(=O)O)cn1. The lowest BCUT2D eigenvalue weighted by Gasteiger charge is -2.06. The van der Waals surface area contributed by atoms with Gasteiger partial charge in [0, 0.05) is 25.0 Å². The molecule has 0 amide bonds. The van der Waals surface area contributed by atoms with Crippen molar-refractivity contribution in [3.05, 3.63) is 46.9 Å². The van der Waals surface area contributed by atoms with Crippen molar-refractivity contribution in [3.63, 3.8) is 0 Å². The van der Waals surface area contributed by atoms with Crippen molar-refractivity contribution in [1.82, 2.24) is 9.55 Å². The van der Waals surface area contributed by atoms with Gasteiger partial charge >= 0.3 is 5.97 Å². The number of methoxy groups -OCH3 is 1. The number of hydrogen-bond acceptors (Lipinski definition) is 3. The molecule has 0 atom stereocenters. The van der Waals surface area contributed by atoms with E-state index in [2.05, 4.69) is 4.98 Å². The molecule has 2 aromatic rings. The number of rotatable bonds is 4. The second-order valence-corrected chi connectivity index (χ2v) is 4.12. The number of hydrogen-bond donors (Lipinski definition) is 1. The number of carbonyl (C=O) groups is 1. The number of ether oxygens (including phenoxy) is 1. The number of aromatic carboxylic acids is 1. The molecule has 6 heteroatoms. The summed E-state index contributed by atoms with van der Waals surface area (Å²) in [6.07, 6.45) is 3.22. The van der Waals surface area contributed by atoms with Gasteiger partial charge in [0.2, 0.25) is 5.88 Å². The summed E-state index contributed by atoms with van der Waals surface area (Å²) in [7, 11) is 1.54. The highest BCUT2D eigenvalue weighted by molar-refractivity contribution is 6.30. The Morgan fingerprint density at radius 3 is 2.89 bits per heavy atom. The van der Waals surface area contributed by atoms with Crippen LogP contribution in [0, 0.1) is 0 Å². The first kappa shape index (κ1) is 12.4. The zero-order valence-corrected chi connectivity index (χ0v) is 10.4. The number of pyridine rings is 1. The van der Waals surface area contributed by atoms with Gasteiger partial charge in [0.25, 0.3) is 0 Å². The zero-order valence-electron chi connectivity index (χ0n) is 9.63. The Balaban J connectivity index is 2.25. The largest absolute Gasteiger partial charge is 0.481 e. The van der Waals surface area contributed by atoms with Gasteiger partial charge in [-0.1, -0.05) is 17.7 Å². The maximum Gasteiger partial charge on any atom is 0.352 e. The molecule has 5 nitrogen and oxygen atoms in total. The average molecular weight is 267 g/mol. The summed E-state index contributed by atoms with van der Waals surface area (Å²) < 4.78 is 6.52. The number of aromatic nitrogens is 2. The molecule has 0 unspecified atom stereocenters. The summed E-state index contributed by atoms with van der Waals surface area (Å²) in [6.45, 7) is 0.394. The lowest BCUT2D eigenvalue weighted by Crippen LogP contribution is -2.08. The third kappa shape index (κ3) is 2.62. The molecule has 0 saturated heterocycles. The Hall–Kier alpha value is -2.01. The average Bonchev–Trinajstić information content (AvgIpc) is 2.71. The molecule has 0 aromatic carbocycles. The van der Waals surface area contributed by atoms with Gasteiger partial charge in [-0.15, -0.1) is 0 Å². The molecule has 0 aliphatic carbocycles. The van der Waals surface area contributed by atoms with Crippen LogP contribution in [-0.2, 0) is 6.54 Å². The fraction of sp³-hybridized carbons (Fsp3) is 0.167. The second-order valence-electron chi connectivity index (χ2n) is 3.69. The fourth-order valence-corrected chi connectivity index (χ4v) is 1.83. The van der Waals surface area contributed by atoms with Gasteiger partial charge < -0.3 is 14.4 Å². The quantitative estimate of drug-likeness (QED) is 0.922. The van der Waals surface area contributed by atoms with Crippen LogP contribution in [0.3, 0.4) is 0 Å². The van der Waals surface area contributed by atoms with Gasteiger partial charge in [-0.25, -0.2) is 9.78 Å². The molecule has 0 spiro atoms. The van der Waals surface area contributed by atoms with E-state index in [0.717, 1.165) is 5.56 Å². The van der Waals surface area contributed by atoms with Crippen molar-refractivity contribution in [2.75, 3.05) is 7.11 Å². The summed E-state index contributed by atoms with van der Waals surface area (Å²) in [4.78, 5) is 15.1. The maximum atomic E-state index is 11.0. The summed E-state index contributed by atoms with van der Waals surface area (Å²) in [5.74, 6) is -0.494. The molecular weight excluding hydrogens is 256 g/mol. The molecule has 0 saturated carbocycles. The minimum absolute atomic E-state index is 0.149. The summed E-state index contributed by atoms with van der Waals surface area (Å²) in [5, 5.41) is 9.42. The smallest absolute Gasteiger partial charge is 0.352 e. The van der Waals surface area contributed by atoms with E-state index in [1.54, 1.807) is 23.0 Å². The molecule has 1 N–H and O–H groups in total. The molecule has 2 heterocycles. The van der Waals surface area contributed by atoms with Crippen LogP contribution in [0.4, 0.5) is 0 Å². The normalized spacial score (nSPS) is 10.3. The molecule has 0 bridgehead atoms. The molecule has 2 aromatic heterocycles. The van der Waals surface area contributed by atoms with Crippen LogP contribution in [0.25, 0.3) is 0 Å². The first-order chi connectivity index (χ1) is 8.60. The lowest BCUT2D eigenvalue weighted by atomic mass is 10.3. The van der Waals surface area contributed by atoms with Gasteiger partial charge in [-0.2, -0.15) is 0 Å². The van der Waals surface area contributed by atoms with Gasteiger partial charge in [-0.05, 0) is 11.6 Å². The van der Waals surface area contributed by atoms with E-state index in [0.29, 0.717) is 17.4 Å². The van der Waals surface area contributed by atoms with E-state index >= 15 is 0 Å². The molecule has 0 fully saturated rings. The molecular formula is C12H11ClN2O3. The van der Waals surface area contributed by atoms with Gasteiger partial charge in [0.15, 0.2) is 0 Å². The molecule has 18 heavy (non-hydrogen) atoms. The van der Waals surface area contributed by atoms with Crippen molar-refractivity contribution in [3.8, 4) is 5.88 Å². The minimum Gasteiger partial charge on any atom is -0.481 e. The van der Waals surface area contributed by atoms with E-state index in [4.69, 9.17) is 21.4 Å². The van der Waals surface area contributed by atoms with Gasteiger partial charge in [0.05, 0.1) is 12.1 Å². The zero-order chi connectivity index (χ0) is 13.1. The topological polar surface area (TPSA) is 64.3 Å². The Morgan fingerprint density at radius 2 is 2.33 bits per heavy atom. The van der Waals surface area contributed by atoms with Crippen LogP contribution in [0.2, 0.25) is 5.02 Å². The Kier molecular flexibility index (Phi) is 3.53. The van der Waals surface area contributed by atoms with E-state index in [1.165, 1.54) is 13.2 Å². The lowest BCUT2D eigenvalue weighted by molar-refractivity contribution is 0.0685. The van der Waals surface area contributed by atoms with E-state index < -0.39 is 5.97 Å². The second kappa shape index (κ2) is 5.10. The molecule has 0 radical (unpaired) electrons. The van der Waals surface area contributed by atoms with E-state index in [9.17, 15) is 4.79 Å². The van der Waals surface area contributed by atoms with Crippen molar-refractivity contribution < 1.29 is 14.6 Å². The monoisotopic (exact) mass is 266 g/mol. The third-order valence-electron chi connectivity index (χ3n) is 2.44. The minimum atomic E-state index is -1.01. The molecule has 94 valence electrons. The number of carboxylic acids is 1. The molecule has 0 aliphatic rings. The summed E-state index contributed by atoms with van der Waals surface area (Å²) in [6, 6.07) is 4.97. The number of carboxylic acid groups (broad SMARTS) is 1. The molecule has 0 aliphatic heterocycles. The highest BCUT2D eigenvalue weighted by atomic mass is 35.5. The standard InChI is InChI=1S/C12H11ClN2O3/c1-18-11-3-2-8(5-14-11)6-15-7-9(13)4-10(15)12(16)17/h2-5,7H,6H2,1H3,(H,16,17). The van der Waals surface area contributed by atoms with Crippen molar-refractivity contribution >= 4 is 17.6 Å². The summed E-state index contributed by atoms with van der Waals surface area (Å²) >= 11 is 5.80. The van der Waals surface area contributed by atoms with E-state index in [-0.39, 0.29) is 5.69 Å². The van der Waals surface area contributed by atoms with Crippen LogP contribution in [0.5, 0.6) is 5.88 Å². The van der Waals surface area contributed by atoms with E-state index in [1.807, 2.05) is 6.07 Å². The molecule has 2 rings (SSSR count). The van der Waals surface area contributed by atoms with Crippen LogP contribution < -0.4 is 4.74 Å². The highest BCUT2D eigenvalue weighted by Crippen LogP contribution is 2.16. The Morgan fingerprint density at radius 1 is 1.56 bits per heavy atom. The number of halogens is 1. The van der Waals surface area contributed by atoms with Crippen LogP contribution >= 0.6 is 11.6 Å². The van der Waals surface area contributed by atoms with Crippen LogP contribution in [0.15, 0.2) is 30.6 Å². The van der Waals surface area contributed by atoms with Crippen LogP contribution in [-0.4, -0.2) is 27.7 Å². The van der Waals surface area contributed by atoms with Crippen LogP contribution in [0.1, 0.15) is 16.1 Å². The first-order valence-corrected chi connectivity index (χ1v) is 5.56. The third-order valence-corrected chi connectivity index (χ3v) is 2.65. The van der Waals surface area contributed by atoms with Crippen molar-refractivity contribution in [1.29, 1.82) is 0 Å². The van der Waals surface area contributed by atoms with Gasteiger partial charge in [0.1, 0.15) is 5.69 Å². The highest BCUT2D eigenvalue weighted by Gasteiger charge is 2.12. The predicted molar refractivity (Wildman–Crippen MR) is 66.3 cm³/mol. The Bertz CT molecular complexity index is 563. The summed E-state index contributed by atoms with van der Waals surface area (Å²) in [5.41, 5.74) is 1.02. The number of nitrogens with zero attached hydrogens (tertiary/aromatic N) is 2. The predicted octanol–water partition coefficient (Wildman–Crippen LogP) is 2.29. The Labute approximate surface area is 109 Å².